The van der Waals surface area contributed by atoms with E-state index in [1.54, 1.807) is 23.0 Å². The molecule has 72 valence electrons. The van der Waals surface area contributed by atoms with E-state index in [1.165, 1.54) is 0 Å². The van der Waals surface area contributed by atoms with Crippen molar-refractivity contribution < 1.29 is 4.79 Å². The van der Waals surface area contributed by atoms with Crippen molar-refractivity contribution in [3.8, 4) is 0 Å². The van der Waals surface area contributed by atoms with Crippen molar-refractivity contribution in [1.29, 1.82) is 0 Å². The van der Waals surface area contributed by atoms with Crippen molar-refractivity contribution in [1.82, 2.24) is 14.5 Å². The summed E-state index contributed by atoms with van der Waals surface area (Å²) in [6.45, 7) is 0. The lowest BCUT2D eigenvalue weighted by Gasteiger charge is -2.02. The average molecular weight is 190 g/mol. The molecule has 0 saturated carbocycles. The lowest BCUT2D eigenvalue weighted by molar-refractivity contribution is 0.101. The van der Waals surface area contributed by atoms with E-state index in [1.807, 2.05) is 19.3 Å². The Hall–Kier alpha value is -2.04. The standard InChI is InChI=1S/C9H10N4O/c1-13-6-2-3-7(13)8(14)12-9-10-4-5-11-9/h2-6H,1H3,(H2,10,11,12,14). The van der Waals surface area contributed by atoms with Crippen LogP contribution in [0.1, 0.15) is 10.5 Å². The molecule has 5 nitrogen and oxygen atoms in total. The lowest BCUT2D eigenvalue weighted by Crippen LogP contribution is -2.16. The molecule has 0 saturated heterocycles. The van der Waals surface area contributed by atoms with Crippen LogP contribution in [0.15, 0.2) is 30.7 Å². The molecule has 2 aromatic rings. The highest BCUT2D eigenvalue weighted by Gasteiger charge is 2.09. The van der Waals surface area contributed by atoms with E-state index in [4.69, 9.17) is 0 Å². The van der Waals surface area contributed by atoms with Gasteiger partial charge in [-0.25, -0.2) is 4.98 Å². The molecule has 0 aliphatic carbocycles. The molecule has 0 fully saturated rings. The van der Waals surface area contributed by atoms with Crippen LogP contribution in [0.2, 0.25) is 0 Å². The molecular formula is C9H10N4O. The number of carbonyl (C=O) groups is 1. The van der Waals surface area contributed by atoms with E-state index < -0.39 is 0 Å². The summed E-state index contributed by atoms with van der Waals surface area (Å²) in [5.41, 5.74) is 0.599. The number of nitrogens with zero attached hydrogens (tertiary/aromatic N) is 2. The first-order valence-corrected chi connectivity index (χ1v) is 4.19. The van der Waals surface area contributed by atoms with Gasteiger partial charge in [0.25, 0.3) is 5.91 Å². The van der Waals surface area contributed by atoms with Gasteiger partial charge >= 0.3 is 0 Å². The number of hydrogen-bond donors (Lipinski definition) is 2. The van der Waals surface area contributed by atoms with Gasteiger partial charge in [-0.05, 0) is 12.1 Å². The Balaban J connectivity index is 2.14. The minimum atomic E-state index is -0.174. The van der Waals surface area contributed by atoms with Crippen LogP contribution in [0.3, 0.4) is 0 Å². The van der Waals surface area contributed by atoms with Gasteiger partial charge in [0.05, 0.1) is 0 Å². The van der Waals surface area contributed by atoms with Crippen molar-refractivity contribution >= 4 is 11.9 Å². The van der Waals surface area contributed by atoms with E-state index in [9.17, 15) is 4.79 Å². The number of carbonyl (C=O) groups excluding carboxylic acids is 1. The molecule has 0 bridgehead atoms. The van der Waals surface area contributed by atoms with Crippen molar-refractivity contribution in [2.45, 2.75) is 0 Å². The maximum absolute atomic E-state index is 11.6. The number of imidazole rings is 1. The third-order valence-electron chi connectivity index (χ3n) is 1.91. The summed E-state index contributed by atoms with van der Waals surface area (Å²) >= 11 is 0. The molecule has 2 aromatic heterocycles. The molecule has 0 radical (unpaired) electrons. The summed E-state index contributed by atoms with van der Waals surface area (Å²) < 4.78 is 1.75. The fourth-order valence-corrected chi connectivity index (χ4v) is 1.20. The number of rotatable bonds is 2. The Labute approximate surface area is 80.8 Å². The van der Waals surface area contributed by atoms with E-state index in [0.29, 0.717) is 11.6 Å². The van der Waals surface area contributed by atoms with Crippen LogP contribution >= 0.6 is 0 Å². The first-order chi connectivity index (χ1) is 6.77. The number of nitrogens with one attached hydrogen (secondary N) is 2. The van der Waals surface area contributed by atoms with Gasteiger partial charge in [0.2, 0.25) is 5.95 Å². The smallest absolute Gasteiger partial charge is 0.274 e. The summed E-state index contributed by atoms with van der Waals surface area (Å²) in [5.74, 6) is 0.281. The third kappa shape index (κ3) is 1.52. The number of amides is 1. The minimum Gasteiger partial charge on any atom is -0.347 e. The van der Waals surface area contributed by atoms with Gasteiger partial charge in [0.1, 0.15) is 5.69 Å². The normalized spacial score (nSPS) is 10.1. The highest BCUT2D eigenvalue weighted by atomic mass is 16.2. The molecule has 0 aliphatic rings. The van der Waals surface area contributed by atoms with Crippen molar-refractivity contribution in [2.24, 2.45) is 7.05 Å². The second kappa shape index (κ2) is 3.37. The monoisotopic (exact) mass is 190 g/mol. The van der Waals surface area contributed by atoms with E-state index in [0.717, 1.165) is 0 Å². The van der Waals surface area contributed by atoms with Gasteiger partial charge in [-0.1, -0.05) is 0 Å². The second-order valence-electron chi connectivity index (χ2n) is 2.90. The Morgan fingerprint density at radius 1 is 1.64 bits per heavy atom. The maximum atomic E-state index is 11.6. The quantitative estimate of drug-likeness (QED) is 0.742. The van der Waals surface area contributed by atoms with E-state index in [-0.39, 0.29) is 5.91 Å². The van der Waals surface area contributed by atoms with Gasteiger partial charge in [-0.2, -0.15) is 0 Å². The average Bonchev–Trinajstić information content (AvgIpc) is 2.75. The van der Waals surface area contributed by atoms with Crippen LogP contribution < -0.4 is 5.32 Å². The second-order valence-corrected chi connectivity index (χ2v) is 2.90. The molecule has 0 aliphatic heterocycles. The van der Waals surface area contributed by atoms with Crippen LogP contribution in [-0.2, 0) is 7.05 Å². The number of anilines is 1. The number of aryl methyl sites for hydroxylation is 1. The number of H-pyrrole nitrogens is 1. The third-order valence-corrected chi connectivity index (χ3v) is 1.91. The highest BCUT2D eigenvalue weighted by Crippen LogP contribution is 2.03. The van der Waals surface area contributed by atoms with Crippen LogP contribution in [0, 0.1) is 0 Å². The largest absolute Gasteiger partial charge is 0.347 e. The predicted octanol–water partition coefficient (Wildman–Crippen LogP) is 1.00. The van der Waals surface area contributed by atoms with Gasteiger partial charge < -0.3 is 9.55 Å². The molecule has 2 heterocycles. The topological polar surface area (TPSA) is 62.7 Å². The SMILES string of the molecule is Cn1cccc1C(=O)Nc1ncc[nH]1. The summed E-state index contributed by atoms with van der Waals surface area (Å²) in [7, 11) is 1.82. The molecule has 5 heteroatoms. The molecule has 0 atom stereocenters. The van der Waals surface area contributed by atoms with Crippen LogP contribution in [0.5, 0.6) is 0 Å². The first-order valence-electron chi connectivity index (χ1n) is 4.19. The molecular weight excluding hydrogens is 180 g/mol. The Kier molecular flexibility index (Phi) is 2.06. The number of hydrogen-bond acceptors (Lipinski definition) is 2. The van der Waals surface area contributed by atoms with Crippen LogP contribution in [0.4, 0.5) is 5.95 Å². The van der Waals surface area contributed by atoms with E-state index in [2.05, 4.69) is 15.3 Å². The molecule has 1 amide bonds. The Morgan fingerprint density at radius 3 is 3.07 bits per heavy atom. The lowest BCUT2D eigenvalue weighted by atomic mass is 10.4. The Bertz CT molecular complexity index is 429. The van der Waals surface area contributed by atoms with Gasteiger partial charge in [0.15, 0.2) is 0 Å². The minimum absolute atomic E-state index is 0.174. The zero-order valence-corrected chi connectivity index (χ0v) is 7.69. The van der Waals surface area contributed by atoms with Gasteiger partial charge in [-0.15, -0.1) is 0 Å². The fourth-order valence-electron chi connectivity index (χ4n) is 1.20. The summed E-state index contributed by atoms with van der Waals surface area (Å²) in [6, 6.07) is 3.56. The van der Waals surface area contributed by atoms with Crippen molar-refractivity contribution in [3.05, 3.63) is 36.4 Å². The molecule has 0 unspecified atom stereocenters. The number of aromatic amines is 1. The molecule has 0 aromatic carbocycles. The van der Waals surface area contributed by atoms with Crippen molar-refractivity contribution in [2.75, 3.05) is 5.32 Å². The Morgan fingerprint density at radius 2 is 2.50 bits per heavy atom. The maximum Gasteiger partial charge on any atom is 0.274 e. The zero-order valence-electron chi connectivity index (χ0n) is 7.69. The summed E-state index contributed by atoms with van der Waals surface area (Å²) in [5, 5.41) is 2.64. The first kappa shape index (κ1) is 8.55. The fraction of sp³-hybridized carbons (Fsp3) is 0.111. The van der Waals surface area contributed by atoms with Crippen LogP contribution in [0.25, 0.3) is 0 Å². The molecule has 2 N–H and O–H groups in total. The number of aromatic nitrogens is 3. The highest BCUT2D eigenvalue weighted by molar-refractivity contribution is 6.02. The summed E-state index contributed by atoms with van der Waals surface area (Å²) in [6.07, 6.45) is 5.05. The van der Waals surface area contributed by atoms with Crippen molar-refractivity contribution in [3.63, 3.8) is 0 Å². The zero-order chi connectivity index (χ0) is 9.97. The molecule has 2 rings (SSSR count). The molecule has 14 heavy (non-hydrogen) atoms. The van der Waals surface area contributed by atoms with Crippen LogP contribution in [-0.4, -0.2) is 20.4 Å². The van der Waals surface area contributed by atoms with E-state index >= 15 is 0 Å². The van der Waals surface area contributed by atoms with Gasteiger partial charge in [-0.3, -0.25) is 10.1 Å². The predicted molar refractivity (Wildman–Crippen MR) is 52.0 cm³/mol. The summed E-state index contributed by atoms with van der Waals surface area (Å²) in [4.78, 5) is 18.3. The van der Waals surface area contributed by atoms with Gasteiger partial charge in [0, 0.05) is 25.6 Å². The molecule has 0 spiro atoms.